The molecule has 14 nitrogen and oxygen atoms in total. The minimum Gasteiger partial charge on any atom is -0.475 e. The number of halogens is 6. The minimum absolute atomic E-state index is 0.0334. The SMILES string of the molecule is C[C@H](NC(=O)[C@H]1C[C@@H](c2ccccc2)CCN1CCP(=O)(O)O)C(=O)NCc1ccc(C(=N)N)cc1.O=C(O)C(F)(F)F.O=C(O)C(F)(F)F. The van der Waals surface area contributed by atoms with Gasteiger partial charge in [0.1, 0.15) is 11.9 Å². The van der Waals surface area contributed by atoms with Crippen LogP contribution in [0.1, 0.15) is 42.4 Å². The van der Waals surface area contributed by atoms with Crippen molar-refractivity contribution in [3.05, 3.63) is 71.3 Å². The van der Waals surface area contributed by atoms with Gasteiger partial charge in [-0.25, -0.2) is 9.59 Å². The molecule has 3 rings (SSSR count). The predicted molar refractivity (Wildman–Crippen MR) is 165 cm³/mol. The molecule has 2 amide bonds. The highest BCUT2D eigenvalue weighted by atomic mass is 31.2. The number of carboxylic acids is 2. The van der Waals surface area contributed by atoms with Gasteiger partial charge in [-0.3, -0.25) is 24.5 Å². The molecule has 278 valence electrons. The third-order valence-electron chi connectivity index (χ3n) is 6.93. The molecule has 21 heteroatoms. The van der Waals surface area contributed by atoms with E-state index in [0.29, 0.717) is 18.5 Å². The van der Waals surface area contributed by atoms with Crippen LogP contribution in [0.3, 0.4) is 0 Å². The molecule has 3 atom stereocenters. The first-order valence-electron chi connectivity index (χ1n) is 14.4. The Morgan fingerprint density at radius 3 is 1.90 bits per heavy atom. The number of piperidine rings is 1. The highest BCUT2D eigenvalue weighted by Crippen LogP contribution is 2.36. The van der Waals surface area contributed by atoms with Gasteiger partial charge in [0.05, 0.1) is 12.2 Å². The molecule has 1 aliphatic heterocycles. The second-order valence-electron chi connectivity index (χ2n) is 10.7. The second kappa shape index (κ2) is 19.0. The number of amidine groups is 1. The fraction of sp³-hybridized carbons (Fsp3) is 0.414. The first-order valence-corrected chi connectivity index (χ1v) is 16.2. The Morgan fingerprint density at radius 2 is 1.46 bits per heavy atom. The third-order valence-corrected chi connectivity index (χ3v) is 7.72. The lowest BCUT2D eigenvalue weighted by atomic mass is 9.85. The van der Waals surface area contributed by atoms with Crippen molar-refractivity contribution in [2.75, 3.05) is 19.3 Å². The zero-order chi connectivity index (χ0) is 38.4. The lowest BCUT2D eigenvalue weighted by Gasteiger charge is -2.39. The number of nitrogens with zero attached hydrogens (tertiary/aromatic N) is 1. The van der Waals surface area contributed by atoms with Crippen molar-refractivity contribution >= 4 is 37.2 Å². The molecule has 50 heavy (non-hydrogen) atoms. The Morgan fingerprint density at radius 1 is 0.960 bits per heavy atom. The van der Waals surface area contributed by atoms with E-state index in [-0.39, 0.29) is 42.8 Å². The summed E-state index contributed by atoms with van der Waals surface area (Å²) in [4.78, 5) is 64.1. The molecule has 1 fully saturated rings. The van der Waals surface area contributed by atoms with Gasteiger partial charge >= 0.3 is 31.9 Å². The summed E-state index contributed by atoms with van der Waals surface area (Å²) in [5, 5.41) is 27.3. The molecule has 1 aliphatic rings. The summed E-state index contributed by atoms with van der Waals surface area (Å²) in [5.74, 6) is -6.10. The average molecular weight is 744 g/mol. The van der Waals surface area contributed by atoms with Crippen LogP contribution in [0.15, 0.2) is 54.6 Å². The summed E-state index contributed by atoms with van der Waals surface area (Å²) in [6.45, 7) is 2.48. The fourth-order valence-corrected chi connectivity index (χ4v) is 4.88. The second-order valence-corrected chi connectivity index (χ2v) is 12.5. The number of carboxylic acid groups (broad SMARTS) is 2. The number of nitrogens with two attached hydrogens (primary N) is 1. The van der Waals surface area contributed by atoms with Crippen molar-refractivity contribution in [2.24, 2.45) is 5.73 Å². The van der Waals surface area contributed by atoms with Gasteiger partial charge in [0.25, 0.3) is 0 Å². The van der Waals surface area contributed by atoms with E-state index in [9.17, 15) is 50.3 Å². The topological polar surface area (TPSA) is 243 Å². The molecular weight excluding hydrogens is 707 g/mol. The standard InChI is InChI=1S/C25H34N5O5P.2C2HF3O2/c1-17(24(31)28-16-18-7-9-20(10-8-18)23(26)27)29-25(32)22-15-21(19-5-3-2-4-6-19)11-12-30(22)13-14-36(33,34)35;2*3-2(4,5)1(6)7/h2-10,17,21-22H,11-16H2,1H3,(H3,26,27)(H,28,31)(H,29,32)(H2,33,34,35);2*(H,6,7)/t17-,21-,22+;;/m0../s1. The normalized spacial score (nSPS) is 17.1. The van der Waals surface area contributed by atoms with Gasteiger partial charge in [0, 0.05) is 18.7 Å². The number of likely N-dealkylation sites (tertiary alicyclic amines) is 1. The summed E-state index contributed by atoms with van der Waals surface area (Å²) < 4.78 is 74.9. The van der Waals surface area contributed by atoms with Crippen molar-refractivity contribution in [1.82, 2.24) is 15.5 Å². The summed E-state index contributed by atoms with van der Waals surface area (Å²) in [7, 11) is -4.21. The maximum Gasteiger partial charge on any atom is 0.490 e. The highest BCUT2D eigenvalue weighted by Gasteiger charge is 2.39. The van der Waals surface area contributed by atoms with Crippen LogP contribution in [0, 0.1) is 5.41 Å². The summed E-state index contributed by atoms with van der Waals surface area (Å²) in [6.07, 6.45) is -9.23. The molecule has 1 heterocycles. The van der Waals surface area contributed by atoms with Crippen molar-refractivity contribution in [2.45, 2.75) is 56.7 Å². The lowest BCUT2D eigenvalue weighted by molar-refractivity contribution is -0.193. The van der Waals surface area contributed by atoms with Gasteiger partial charge in [0.2, 0.25) is 11.8 Å². The Hall–Kier alpha value is -4.52. The maximum atomic E-state index is 13.2. The Bertz CT molecular complexity index is 1480. The maximum absolute atomic E-state index is 13.2. The monoisotopic (exact) mass is 743 g/mol. The number of hydrogen-bond donors (Lipinski definition) is 8. The Kier molecular flexibility index (Phi) is 16.6. The molecule has 9 N–H and O–H groups in total. The molecule has 0 aromatic heterocycles. The van der Waals surface area contributed by atoms with Crippen LogP contribution in [-0.2, 0) is 30.3 Å². The van der Waals surface area contributed by atoms with Gasteiger partial charge in [-0.1, -0.05) is 54.6 Å². The predicted octanol–water partition coefficient (Wildman–Crippen LogP) is 2.78. The minimum atomic E-state index is -5.08. The Balaban J connectivity index is 0.000000748. The van der Waals surface area contributed by atoms with Crippen LogP contribution in [0.5, 0.6) is 0 Å². The first kappa shape index (κ1) is 43.5. The van der Waals surface area contributed by atoms with Gasteiger partial charge in [-0.2, -0.15) is 26.3 Å². The Labute approximate surface area is 281 Å². The van der Waals surface area contributed by atoms with Crippen LogP contribution in [0.4, 0.5) is 26.3 Å². The number of hydrogen-bond acceptors (Lipinski definition) is 7. The number of rotatable bonds is 10. The van der Waals surface area contributed by atoms with E-state index < -0.39 is 44.0 Å². The van der Waals surface area contributed by atoms with E-state index in [0.717, 1.165) is 17.5 Å². The van der Waals surface area contributed by atoms with Gasteiger partial charge in [-0.15, -0.1) is 0 Å². The average Bonchev–Trinajstić information content (AvgIpc) is 3.02. The number of alkyl halides is 6. The number of aliphatic carboxylic acids is 2. The van der Waals surface area contributed by atoms with Crippen LogP contribution in [0.2, 0.25) is 0 Å². The number of carbonyl (C=O) groups is 4. The third kappa shape index (κ3) is 16.3. The zero-order valence-corrected chi connectivity index (χ0v) is 27.1. The van der Waals surface area contributed by atoms with Crippen LogP contribution < -0.4 is 16.4 Å². The van der Waals surface area contributed by atoms with Crippen molar-refractivity contribution in [1.29, 1.82) is 5.41 Å². The molecule has 0 spiro atoms. The van der Waals surface area contributed by atoms with Gasteiger partial charge < -0.3 is 36.4 Å². The molecule has 0 unspecified atom stereocenters. The van der Waals surface area contributed by atoms with Crippen molar-refractivity contribution in [3.8, 4) is 0 Å². The summed E-state index contributed by atoms with van der Waals surface area (Å²) in [6, 6.07) is 15.4. The number of nitrogen functional groups attached to an aromatic ring is 1. The molecule has 0 saturated carbocycles. The number of benzene rings is 2. The van der Waals surface area contributed by atoms with E-state index in [1.807, 2.05) is 30.3 Å². The highest BCUT2D eigenvalue weighted by molar-refractivity contribution is 7.51. The van der Waals surface area contributed by atoms with E-state index in [2.05, 4.69) is 10.6 Å². The smallest absolute Gasteiger partial charge is 0.475 e. The van der Waals surface area contributed by atoms with Gasteiger partial charge in [0.15, 0.2) is 0 Å². The largest absolute Gasteiger partial charge is 0.490 e. The molecule has 2 aromatic rings. The molecule has 1 saturated heterocycles. The number of amides is 2. The van der Waals surface area contributed by atoms with Gasteiger partial charge in [-0.05, 0) is 43.4 Å². The summed E-state index contributed by atoms with van der Waals surface area (Å²) in [5.41, 5.74) is 7.99. The van der Waals surface area contributed by atoms with Crippen LogP contribution in [0.25, 0.3) is 0 Å². The first-order chi connectivity index (χ1) is 22.9. The van der Waals surface area contributed by atoms with Crippen LogP contribution >= 0.6 is 7.60 Å². The number of nitrogens with one attached hydrogen (secondary N) is 3. The zero-order valence-electron chi connectivity index (χ0n) is 26.2. The van der Waals surface area contributed by atoms with Crippen molar-refractivity contribution in [3.63, 3.8) is 0 Å². The van der Waals surface area contributed by atoms with E-state index >= 15 is 0 Å². The fourth-order valence-electron chi connectivity index (χ4n) is 4.36. The van der Waals surface area contributed by atoms with E-state index in [1.165, 1.54) is 0 Å². The molecule has 0 radical (unpaired) electrons. The van der Waals surface area contributed by atoms with E-state index in [4.69, 9.17) is 30.9 Å². The molecule has 2 aromatic carbocycles. The van der Waals surface area contributed by atoms with E-state index in [1.54, 1.807) is 36.1 Å². The molecular formula is C29H36F6N5O9P. The summed E-state index contributed by atoms with van der Waals surface area (Å²) >= 11 is 0. The van der Waals surface area contributed by atoms with Crippen molar-refractivity contribution < 1.29 is 70.1 Å². The molecule has 0 bridgehead atoms. The molecule has 0 aliphatic carbocycles. The van der Waals surface area contributed by atoms with Crippen LogP contribution in [-0.4, -0.2) is 98.2 Å². The quantitative estimate of drug-likeness (QED) is 0.0761. The number of carbonyl (C=O) groups excluding carboxylic acids is 2. The lowest BCUT2D eigenvalue weighted by Crippen LogP contribution is -2.55.